The highest BCUT2D eigenvalue weighted by atomic mass is 16.5. The van der Waals surface area contributed by atoms with E-state index in [0.29, 0.717) is 42.2 Å². The van der Waals surface area contributed by atoms with Crippen molar-refractivity contribution in [3.63, 3.8) is 0 Å². The normalized spacial score (nSPS) is 10.5. The molecule has 3 rings (SSSR count). The van der Waals surface area contributed by atoms with Gasteiger partial charge in [-0.1, -0.05) is 12.1 Å². The van der Waals surface area contributed by atoms with Gasteiger partial charge in [0.1, 0.15) is 11.3 Å². The van der Waals surface area contributed by atoms with Crippen LogP contribution in [0.4, 0.5) is 5.69 Å². The minimum Gasteiger partial charge on any atom is -0.493 e. The molecule has 0 radical (unpaired) electrons. The van der Waals surface area contributed by atoms with Crippen LogP contribution >= 0.6 is 0 Å². The molecule has 0 saturated carbocycles. The molecule has 0 bridgehead atoms. The molecule has 0 aliphatic heterocycles. The highest BCUT2D eigenvalue weighted by Crippen LogP contribution is 2.19. The highest BCUT2D eigenvalue weighted by Gasteiger charge is 2.11. The van der Waals surface area contributed by atoms with Crippen molar-refractivity contribution >= 4 is 28.5 Å². The molecule has 0 unspecified atom stereocenters. The van der Waals surface area contributed by atoms with Gasteiger partial charge in [-0.15, -0.1) is 0 Å². The summed E-state index contributed by atoms with van der Waals surface area (Å²) in [5.41, 5.74) is 1.14. The van der Waals surface area contributed by atoms with Crippen molar-refractivity contribution < 1.29 is 18.7 Å². The van der Waals surface area contributed by atoms with Crippen LogP contribution in [0, 0.1) is 0 Å². The molecule has 2 amide bonds. The molecule has 2 aromatic carbocycles. The van der Waals surface area contributed by atoms with E-state index in [4.69, 9.17) is 9.15 Å². The van der Waals surface area contributed by atoms with Crippen LogP contribution in [0.25, 0.3) is 11.0 Å². The van der Waals surface area contributed by atoms with Gasteiger partial charge in [0.15, 0.2) is 0 Å². The Morgan fingerprint density at radius 1 is 1.07 bits per heavy atom. The molecule has 0 aliphatic rings. The van der Waals surface area contributed by atoms with E-state index in [-0.39, 0.29) is 18.2 Å². The molecule has 2 N–H and O–H groups in total. The molecule has 0 atom stereocenters. The Hall–Kier alpha value is -3.61. The van der Waals surface area contributed by atoms with Crippen molar-refractivity contribution in [2.75, 3.05) is 18.5 Å². The first kappa shape index (κ1) is 20.1. The van der Waals surface area contributed by atoms with Crippen molar-refractivity contribution in [3.8, 4) is 5.75 Å². The molecule has 150 valence electrons. The number of anilines is 1. The number of para-hydroxylation sites is 1. The molecule has 0 aliphatic carbocycles. The number of carbonyl (C=O) groups excluding carboxylic acids is 2. The average Bonchev–Trinajstić information content (AvgIpc) is 2.72. The highest BCUT2D eigenvalue weighted by molar-refractivity contribution is 5.97. The van der Waals surface area contributed by atoms with E-state index in [1.54, 1.807) is 42.5 Å². The number of ether oxygens (including phenoxy) is 1. The maximum atomic E-state index is 12.3. The van der Waals surface area contributed by atoms with Crippen molar-refractivity contribution in [2.45, 2.75) is 19.8 Å². The van der Waals surface area contributed by atoms with Gasteiger partial charge in [0.2, 0.25) is 5.91 Å². The zero-order valence-electron chi connectivity index (χ0n) is 16.1. The third-order valence-corrected chi connectivity index (χ3v) is 4.20. The summed E-state index contributed by atoms with van der Waals surface area (Å²) < 4.78 is 10.5. The molecular formula is C22H22N2O5. The summed E-state index contributed by atoms with van der Waals surface area (Å²) in [6, 6.07) is 15.1. The second kappa shape index (κ2) is 9.54. The summed E-state index contributed by atoms with van der Waals surface area (Å²) in [5.74, 6) is 0.147. The van der Waals surface area contributed by atoms with Gasteiger partial charge in [0.25, 0.3) is 5.91 Å². The number of amides is 2. The summed E-state index contributed by atoms with van der Waals surface area (Å²) in [7, 11) is 0. The van der Waals surface area contributed by atoms with Crippen molar-refractivity contribution in [1.29, 1.82) is 0 Å². The van der Waals surface area contributed by atoms with Crippen LogP contribution in [0.3, 0.4) is 0 Å². The molecule has 0 spiro atoms. The summed E-state index contributed by atoms with van der Waals surface area (Å²) in [6.45, 7) is 2.71. The predicted molar refractivity (Wildman–Crippen MR) is 110 cm³/mol. The van der Waals surface area contributed by atoms with E-state index < -0.39 is 5.63 Å². The third kappa shape index (κ3) is 5.44. The standard InChI is InChI=1S/C22H22N2O5/c1-2-28-19-7-4-3-6-17(19)22(27)23-13-5-8-20(25)24-16-10-11-18-15(14-16)9-12-21(26)29-18/h3-4,6-7,9-12,14H,2,5,8,13H2,1H3,(H,23,27)(H,24,25). The van der Waals surface area contributed by atoms with Gasteiger partial charge in [0, 0.05) is 30.1 Å². The summed E-state index contributed by atoms with van der Waals surface area (Å²) >= 11 is 0. The second-order valence-corrected chi connectivity index (χ2v) is 6.34. The number of hydrogen-bond donors (Lipinski definition) is 2. The van der Waals surface area contributed by atoms with Gasteiger partial charge in [0.05, 0.1) is 12.2 Å². The lowest BCUT2D eigenvalue weighted by Crippen LogP contribution is -2.26. The Balaban J connectivity index is 1.47. The smallest absolute Gasteiger partial charge is 0.336 e. The number of rotatable bonds is 8. The molecule has 29 heavy (non-hydrogen) atoms. The Morgan fingerprint density at radius 2 is 1.90 bits per heavy atom. The maximum Gasteiger partial charge on any atom is 0.336 e. The van der Waals surface area contributed by atoms with E-state index in [0.717, 1.165) is 5.39 Å². The lowest BCUT2D eigenvalue weighted by atomic mass is 10.2. The molecule has 7 nitrogen and oxygen atoms in total. The fraction of sp³-hybridized carbons (Fsp3) is 0.227. The first-order valence-corrected chi connectivity index (χ1v) is 9.40. The Morgan fingerprint density at radius 3 is 2.72 bits per heavy atom. The van der Waals surface area contributed by atoms with Crippen LogP contribution in [-0.4, -0.2) is 25.0 Å². The second-order valence-electron chi connectivity index (χ2n) is 6.34. The minimum atomic E-state index is -0.416. The number of fused-ring (bicyclic) bond motifs is 1. The predicted octanol–water partition coefficient (Wildman–Crippen LogP) is 3.34. The van der Waals surface area contributed by atoms with Gasteiger partial charge in [-0.2, -0.15) is 0 Å². The quantitative estimate of drug-likeness (QED) is 0.451. The fourth-order valence-electron chi connectivity index (χ4n) is 2.85. The van der Waals surface area contributed by atoms with Crippen LogP contribution in [0.1, 0.15) is 30.1 Å². The van der Waals surface area contributed by atoms with Crippen LogP contribution in [0.5, 0.6) is 5.75 Å². The number of hydrogen-bond acceptors (Lipinski definition) is 5. The van der Waals surface area contributed by atoms with Crippen molar-refractivity contribution in [1.82, 2.24) is 5.32 Å². The van der Waals surface area contributed by atoms with E-state index in [2.05, 4.69) is 10.6 Å². The molecule has 1 aromatic heterocycles. The molecule has 7 heteroatoms. The van der Waals surface area contributed by atoms with E-state index >= 15 is 0 Å². The average molecular weight is 394 g/mol. The van der Waals surface area contributed by atoms with Gasteiger partial charge in [-0.25, -0.2) is 4.79 Å². The Bertz CT molecular complexity index is 1070. The topological polar surface area (TPSA) is 97.6 Å². The molecule has 1 heterocycles. The molecular weight excluding hydrogens is 372 g/mol. The number of nitrogens with one attached hydrogen (secondary N) is 2. The number of benzene rings is 2. The summed E-state index contributed by atoms with van der Waals surface area (Å²) in [4.78, 5) is 35.7. The van der Waals surface area contributed by atoms with Gasteiger partial charge >= 0.3 is 5.63 Å². The first-order valence-electron chi connectivity index (χ1n) is 9.40. The van der Waals surface area contributed by atoms with Crippen molar-refractivity contribution in [3.05, 3.63) is 70.6 Å². The van der Waals surface area contributed by atoms with E-state index in [1.165, 1.54) is 6.07 Å². The number of carbonyl (C=O) groups is 2. The Kier molecular flexibility index (Phi) is 6.63. The third-order valence-electron chi connectivity index (χ3n) is 4.20. The van der Waals surface area contributed by atoms with Crippen LogP contribution in [0.15, 0.2) is 63.8 Å². The zero-order chi connectivity index (χ0) is 20.6. The van der Waals surface area contributed by atoms with Crippen molar-refractivity contribution in [2.24, 2.45) is 0 Å². The van der Waals surface area contributed by atoms with Gasteiger partial charge in [-0.3, -0.25) is 9.59 Å². The van der Waals surface area contributed by atoms with Crippen LogP contribution in [-0.2, 0) is 4.79 Å². The maximum absolute atomic E-state index is 12.3. The zero-order valence-corrected chi connectivity index (χ0v) is 16.1. The molecule has 0 saturated heterocycles. The summed E-state index contributed by atoms with van der Waals surface area (Å²) in [5, 5.41) is 6.33. The van der Waals surface area contributed by atoms with Crippen LogP contribution < -0.4 is 21.0 Å². The largest absolute Gasteiger partial charge is 0.493 e. The SMILES string of the molecule is CCOc1ccccc1C(=O)NCCCC(=O)Nc1ccc2oc(=O)ccc2c1. The molecule has 3 aromatic rings. The van der Waals surface area contributed by atoms with E-state index in [1.807, 2.05) is 13.0 Å². The lowest BCUT2D eigenvalue weighted by molar-refractivity contribution is -0.116. The Labute approximate surface area is 167 Å². The first-order chi connectivity index (χ1) is 14.1. The van der Waals surface area contributed by atoms with Crippen LogP contribution in [0.2, 0.25) is 0 Å². The monoisotopic (exact) mass is 394 g/mol. The van der Waals surface area contributed by atoms with E-state index in [9.17, 15) is 14.4 Å². The molecule has 0 fully saturated rings. The summed E-state index contributed by atoms with van der Waals surface area (Å²) in [6.07, 6.45) is 0.756. The fourth-order valence-corrected chi connectivity index (χ4v) is 2.85. The minimum absolute atomic E-state index is 0.161. The lowest BCUT2D eigenvalue weighted by Gasteiger charge is -2.10. The van der Waals surface area contributed by atoms with Gasteiger partial charge < -0.3 is 19.8 Å². The van der Waals surface area contributed by atoms with Gasteiger partial charge in [-0.05, 0) is 49.7 Å².